The van der Waals surface area contributed by atoms with Crippen LogP contribution in [0.3, 0.4) is 0 Å². The Bertz CT molecular complexity index is 434. The molecule has 0 spiro atoms. The second-order valence-corrected chi connectivity index (χ2v) is 5.69. The van der Waals surface area contributed by atoms with Gasteiger partial charge in [-0.05, 0) is 17.8 Å². The van der Waals surface area contributed by atoms with Gasteiger partial charge in [-0.2, -0.15) is 0 Å². The molecule has 0 aliphatic carbocycles. The minimum absolute atomic E-state index is 0.0591. The molecule has 0 saturated carbocycles. The Balaban J connectivity index is 2.12. The van der Waals surface area contributed by atoms with Crippen LogP contribution in [-0.4, -0.2) is 15.8 Å². The predicted molar refractivity (Wildman–Crippen MR) is 80.0 cm³/mol. The van der Waals surface area contributed by atoms with E-state index in [0.29, 0.717) is 11.6 Å². The maximum Gasteiger partial charge on any atom is 0.345 e. The Morgan fingerprint density at radius 1 is 1.30 bits per heavy atom. The van der Waals surface area contributed by atoms with E-state index in [9.17, 15) is 14.9 Å². The van der Waals surface area contributed by atoms with Crippen LogP contribution in [0.1, 0.15) is 58.3 Å². The summed E-state index contributed by atoms with van der Waals surface area (Å²) in [5.74, 6) is -0.122. The number of anilines is 1. The molecule has 6 nitrogen and oxygen atoms in total. The lowest BCUT2D eigenvalue weighted by atomic mass is 10.1. The zero-order valence-corrected chi connectivity index (χ0v) is 12.6. The summed E-state index contributed by atoms with van der Waals surface area (Å²) in [6.45, 7) is 2.19. The average Bonchev–Trinajstić information content (AvgIpc) is 2.86. The van der Waals surface area contributed by atoms with Crippen LogP contribution in [0.4, 0.5) is 10.1 Å². The summed E-state index contributed by atoms with van der Waals surface area (Å²) in [7, 11) is 0. The number of nitrogens with one attached hydrogen (secondary N) is 1. The highest BCUT2D eigenvalue weighted by atomic mass is 32.1. The summed E-state index contributed by atoms with van der Waals surface area (Å²) in [6.07, 6.45) is 9.69. The molecular formula is C13H21N3O3S. The molecule has 0 fully saturated rings. The van der Waals surface area contributed by atoms with E-state index in [0.717, 1.165) is 36.8 Å². The van der Waals surface area contributed by atoms with Crippen molar-refractivity contribution < 1.29 is 9.72 Å². The van der Waals surface area contributed by atoms with Crippen molar-refractivity contribution in [2.75, 3.05) is 5.32 Å². The van der Waals surface area contributed by atoms with Crippen LogP contribution in [0.2, 0.25) is 0 Å². The highest BCUT2D eigenvalue weighted by Crippen LogP contribution is 2.25. The Kier molecular flexibility index (Phi) is 7.79. The molecule has 0 radical (unpaired) electrons. The normalized spacial score (nSPS) is 10.4. The van der Waals surface area contributed by atoms with Gasteiger partial charge in [0.15, 0.2) is 5.13 Å². The van der Waals surface area contributed by atoms with Crippen molar-refractivity contribution in [3.05, 3.63) is 16.3 Å². The summed E-state index contributed by atoms with van der Waals surface area (Å²) >= 11 is 0.880. The number of nitrogens with zero attached hydrogens (tertiary/aromatic N) is 2. The number of carbonyl (C=O) groups is 1. The molecule has 0 aliphatic heterocycles. The molecule has 7 heteroatoms. The first-order valence-electron chi connectivity index (χ1n) is 7.03. The fraction of sp³-hybridized carbons (Fsp3) is 0.692. The molecule has 0 saturated heterocycles. The second-order valence-electron chi connectivity index (χ2n) is 4.68. The van der Waals surface area contributed by atoms with Gasteiger partial charge in [0.2, 0.25) is 5.91 Å². The first kappa shape index (κ1) is 16.6. The third-order valence-electron chi connectivity index (χ3n) is 2.93. The minimum Gasteiger partial charge on any atom is -0.302 e. The summed E-state index contributed by atoms with van der Waals surface area (Å²) in [5, 5.41) is 13.3. The molecule has 0 bridgehead atoms. The molecule has 1 aromatic rings. The Hall–Kier alpha value is -1.50. The quantitative estimate of drug-likeness (QED) is 0.400. The summed E-state index contributed by atoms with van der Waals surface area (Å²) in [6, 6.07) is 0. The van der Waals surface area contributed by atoms with Gasteiger partial charge >= 0.3 is 5.00 Å². The third kappa shape index (κ3) is 6.60. The van der Waals surface area contributed by atoms with Crippen LogP contribution in [0.15, 0.2) is 6.20 Å². The van der Waals surface area contributed by atoms with Gasteiger partial charge in [0.05, 0.1) is 4.92 Å². The van der Waals surface area contributed by atoms with E-state index in [1.54, 1.807) is 0 Å². The van der Waals surface area contributed by atoms with E-state index in [1.807, 2.05) is 0 Å². The van der Waals surface area contributed by atoms with E-state index >= 15 is 0 Å². The number of hydrogen-bond acceptors (Lipinski definition) is 5. The van der Waals surface area contributed by atoms with Gasteiger partial charge in [0, 0.05) is 6.42 Å². The SMILES string of the molecule is CCCCCCCCCC(=O)Nc1ncc([N+](=O)[O-])s1. The highest BCUT2D eigenvalue weighted by Gasteiger charge is 2.13. The van der Waals surface area contributed by atoms with Crippen molar-refractivity contribution in [1.29, 1.82) is 0 Å². The van der Waals surface area contributed by atoms with E-state index < -0.39 is 4.92 Å². The topological polar surface area (TPSA) is 85.1 Å². The van der Waals surface area contributed by atoms with E-state index in [1.165, 1.54) is 25.7 Å². The Morgan fingerprint density at radius 3 is 2.55 bits per heavy atom. The molecule has 20 heavy (non-hydrogen) atoms. The zero-order chi connectivity index (χ0) is 14.8. The molecule has 1 rings (SSSR count). The van der Waals surface area contributed by atoms with E-state index in [-0.39, 0.29) is 10.9 Å². The number of thiazole rings is 1. The van der Waals surface area contributed by atoms with Crippen molar-refractivity contribution in [3.8, 4) is 0 Å². The van der Waals surface area contributed by atoms with Gasteiger partial charge < -0.3 is 5.32 Å². The number of aromatic nitrogens is 1. The lowest BCUT2D eigenvalue weighted by Crippen LogP contribution is -2.10. The van der Waals surface area contributed by atoms with Gasteiger partial charge in [-0.25, -0.2) is 4.98 Å². The largest absolute Gasteiger partial charge is 0.345 e. The van der Waals surface area contributed by atoms with Crippen molar-refractivity contribution in [3.63, 3.8) is 0 Å². The maximum atomic E-state index is 11.6. The van der Waals surface area contributed by atoms with Gasteiger partial charge in [0.25, 0.3) is 0 Å². The van der Waals surface area contributed by atoms with Gasteiger partial charge in [0.1, 0.15) is 6.20 Å². The molecule has 1 aromatic heterocycles. The summed E-state index contributed by atoms with van der Waals surface area (Å²) in [4.78, 5) is 25.4. The van der Waals surface area contributed by atoms with Crippen molar-refractivity contribution in [2.24, 2.45) is 0 Å². The third-order valence-corrected chi connectivity index (χ3v) is 3.79. The van der Waals surface area contributed by atoms with Crippen LogP contribution in [0.5, 0.6) is 0 Å². The lowest BCUT2D eigenvalue weighted by molar-refractivity contribution is -0.380. The van der Waals surface area contributed by atoms with E-state index in [4.69, 9.17) is 0 Å². The number of nitro groups is 1. The molecular weight excluding hydrogens is 278 g/mol. The molecule has 0 unspecified atom stereocenters. The molecule has 1 amide bonds. The van der Waals surface area contributed by atoms with Gasteiger partial charge in [-0.15, -0.1) is 0 Å². The van der Waals surface area contributed by atoms with Crippen LogP contribution >= 0.6 is 11.3 Å². The fourth-order valence-electron chi connectivity index (χ4n) is 1.83. The summed E-state index contributed by atoms with van der Waals surface area (Å²) < 4.78 is 0. The second kappa shape index (κ2) is 9.41. The first-order chi connectivity index (χ1) is 9.63. The molecule has 0 aliphatic rings. The van der Waals surface area contributed by atoms with Crippen molar-refractivity contribution in [1.82, 2.24) is 4.98 Å². The maximum absolute atomic E-state index is 11.6. The predicted octanol–water partition coefficient (Wildman–Crippen LogP) is 4.13. The summed E-state index contributed by atoms with van der Waals surface area (Å²) in [5.41, 5.74) is 0. The van der Waals surface area contributed by atoms with Crippen molar-refractivity contribution >= 4 is 27.4 Å². The lowest BCUT2D eigenvalue weighted by Gasteiger charge is -2.02. The molecule has 0 atom stereocenters. The zero-order valence-electron chi connectivity index (χ0n) is 11.8. The monoisotopic (exact) mass is 299 g/mol. The number of hydrogen-bond donors (Lipinski definition) is 1. The van der Waals surface area contributed by atoms with Crippen molar-refractivity contribution in [2.45, 2.75) is 58.3 Å². The van der Waals surface area contributed by atoms with Gasteiger partial charge in [-0.3, -0.25) is 14.9 Å². The highest BCUT2D eigenvalue weighted by molar-refractivity contribution is 7.18. The number of rotatable bonds is 10. The van der Waals surface area contributed by atoms with Crippen LogP contribution in [0, 0.1) is 10.1 Å². The molecule has 0 aromatic carbocycles. The van der Waals surface area contributed by atoms with Crippen LogP contribution < -0.4 is 5.32 Å². The standard InChI is InChI=1S/C13H21N3O3S/c1-2-3-4-5-6-7-8-9-11(17)15-13-14-10-12(20-13)16(18)19/h10H,2-9H2,1H3,(H,14,15,17). The number of amides is 1. The first-order valence-corrected chi connectivity index (χ1v) is 7.85. The number of unbranched alkanes of at least 4 members (excludes halogenated alkanes) is 6. The molecule has 112 valence electrons. The van der Waals surface area contributed by atoms with Gasteiger partial charge in [-0.1, -0.05) is 45.4 Å². The van der Waals surface area contributed by atoms with E-state index in [2.05, 4.69) is 17.2 Å². The van der Waals surface area contributed by atoms with Crippen LogP contribution in [0.25, 0.3) is 0 Å². The molecule has 1 heterocycles. The smallest absolute Gasteiger partial charge is 0.302 e. The Labute approximate surface area is 122 Å². The minimum atomic E-state index is -0.510. The Morgan fingerprint density at radius 2 is 1.95 bits per heavy atom. The molecule has 1 N–H and O–H groups in total. The average molecular weight is 299 g/mol. The van der Waals surface area contributed by atoms with Crippen LogP contribution in [-0.2, 0) is 4.79 Å². The fourth-order valence-corrected chi connectivity index (χ4v) is 2.48. The number of carbonyl (C=O) groups excluding carboxylic acids is 1.